The third-order valence-corrected chi connectivity index (χ3v) is 3.60. The fraction of sp³-hybridized carbons (Fsp3) is 0.200. The summed E-state index contributed by atoms with van der Waals surface area (Å²) >= 11 is 3.40. The smallest absolute Gasteiger partial charge is 0.492 e. The molecular formula is C15H16BBrO4. The minimum atomic E-state index is -1.58. The van der Waals surface area contributed by atoms with Gasteiger partial charge in [-0.1, -0.05) is 23.8 Å². The Kier molecular flexibility index (Phi) is 5.28. The molecule has 0 aliphatic heterocycles. The summed E-state index contributed by atoms with van der Waals surface area (Å²) in [5.74, 6) is 1.18. The van der Waals surface area contributed by atoms with Crippen LogP contribution in [0.15, 0.2) is 40.9 Å². The largest absolute Gasteiger partial charge is 0.497 e. The first-order valence-corrected chi connectivity index (χ1v) is 7.22. The highest BCUT2D eigenvalue weighted by atomic mass is 79.9. The lowest BCUT2D eigenvalue weighted by Gasteiger charge is -2.14. The zero-order chi connectivity index (χ0) is 15.4. The Labute approximate surface area is 132 Å². The first kappa shape index (κ1) is 15.9. The molecule has 110 valence electrons. The van der Waals surface area contributed by atoms with E-state index >= 15 is 0 Å². The van der Waals surface area contributed by atoms with E-state index in [-0.39, 0.29) is 0 Å². The highest BCUT2D eigenvalue weighted by Gasteiger charge is 2.20. The molecule has 6 heteroatoms. The van der Waals surface area contributed by atoms with Gasteiger partial charge in [0.25, 0.3) is 0 Å². The number of aryl methyl sites for hydroxylation is 1. The summed E-state index contributed by atoms with van der Waals surface area (Å²) in [6, 6.07) is 11.1. The Hall–Kier alpha value is -1.50. The van der Waals surface area contributed by atoms with Crippen LogP contribution >= 0.6 is 15.9 Å². The van der Waals surface area contributed by atoms with Gasteiger partial charge in [-0.25, -0.2) is 0 Å². The maximum atomic E-state index is 9.47. The molecule has 2 N–H and O–H groups in total. The quantitative estimate of drug-likeness (QED) is 0.810. The van der Waals surface area contributed by atoms with Crippen molar-refractivity contribution >= 4 is 28.5 Å². The van der Waals surface area contributed by atoms with Gasteiger partial charge in [0, 0.05) is 5.46 Å². The predicted molar refractivity (Wildman–Crippen MR) is 86.0 cm³/mol. The van der Waals surface area contributed by atoms with E-state index < -0.39 is 7.12 Å². The van der Waals surface area contributed by atoms with Gasteiger partial charge in [0.2, 0.25) is 0 Å². The summed E-state index contributed by atoms with van der Waals surface area (Å²) in [5, 5.41) is 18.9. The molecule has 0 atom stereocenters. The molecule has 2 aromatic carbocycles. The van der Waals surface area contributed by atoms with Gasteiger partial charge < -0.3 is 19.5 Å². The molecule has 0 saturated heterocycles. The summed E-state index contributed by atoms with van der Waals surface area (Å²) in [6.07, 6.45) is 0. The lowest BCUT2D eigenvalue weighted by atomic mass is 9.79. The van der Waals surface area contributed by atoms with Crippen molar-refractivity contribution in [2.75, 3.05) is 7.11 Å². The molecule has 0 heterocycles. The lowest BCUT2D eigenvalue weighted by Crippen LogP contribution is -2.32. The Morgan fingerprint density at radius 3 is 2.62 bits per heavy atom. The van der Waals surface area contributed by atoms with Crippen LogP contribution in [0.25, 0.3) is 0 Å². The number of hydrogen-bond acceptors (Lipinski definition) is 4. The highest BCUT2D eigenvalue weighted by molar-refractivity contribution is 9.10. The number of rotatable bonds is 5. The molecule has 4 nitrogen and oxygen atoms in total. The molecule has 0 unspecified atom stereocenters. The van der Waals surface area contributed by atoms with Gasteiger partial charge >= 0.3 is 7.12 Å². The maximum Gasteiger partial charge on any atom is 0.492 e. The molecule has 0 aliphatic rings. The number of methoxy groups -OCH3 is 1. The topological polar surface area (TPSA) is 58.9 Å². The van der Waals surface area contributed by atoms with E-state index in [1.165, 1.54) is 0 Å². The van der Waals surface area contributed by atoms with Gasteiger partial charge in [-0.2, -0.15) is 0 Å². The van der Waals surface area contributed by atoms with Crippen LogP contribution in [0, 0.1) is 6.92 Å². The van der Waals surface area contributed by atoms with Crippen molar-refractivity contribution in [3.63, 3.8) is 0 Å². The highest BCUT2D eigenvalue weighted by Crippen LogP contribution is 2.25. The summed E-state index contributed by atoms with van der Waals surface area (Å²) in [6.45, 7) is 2.18. The fourth-order valence-electron chi connectivity index (χ4n) is 2.02. The van der Waals surface area contributed by atoms with E-state index in [0.29, 0.717) is 22.3 Å². The van der Waals surface area contributed by atoms with Crippen molar-refractivity contribution in [2.45, 2.75) is 13.5 Å². The fourth-order valence-corrected chi connectivity index (χ4v) is 2.72. The summed E-state index contributed by atoms with van der Waals surface area (Å²) in [7, 11) is 0.0260. The number of ether oxygens (including phenoxy) is 2. The van der Waals surface area contributed by atoms with Crippen LogP contribution in [-0.2, 0) is 6.61 Å². The van der Waals surface area contributed by atoms with E-state index in [4.69, 9.17) is 9.47 Å². The molecule has 21 heavy (non-hydrogen) atoms. The molecule has 0 radical (unpaired) electrons. The van der Waals surface area contributed by atoms with Crippen LogP contribution < -0.4 is 14.9 Å². The standard InChI is InChI=1S/C15H16BBrO4/c1-10-6-13(16(18)19)15(14(17)7-10)21-9-11-4-3-5-12(8-11)20-2/h3-8,18-19H,9H2,1-2H3. The SMILES string of the molecule is COc1cccc(COc2c(Br)cc(C)cc2B(O)O)c1. The van der Waals surface area contributed by atoms with Gasteiger partial charge in [-0.05, 0) is 46.6 Å². The summed E-state index contributed by atoms with van der Waals surface area (Å²) in [4.78, 5) is 0. The Balaban J connectivity index is 2.23. The third-order valence-electron chi connectivity index (χ3n) is 3.01. The molecule has 0 saturated carbocycles. The molecule has 0 fully saturated rings. The number of hydrogen-bond donors (Lipinski definition) is 2. The van der Waals surface area contributed by atoms with Crippen LogP contribution in [0.1, 0.15) is 11.1 Å². The van der Waals surface area contributed by atoms with Crippen LogP contribution in [0.5, 0.6) is 11.5 Å². The molecule has 0 aliphatic carbocycles. The zero-order valence-electron chi connectivity index (χ0n) is 11.8. The van der Waals surface area contributed by atoms with E-state index in [9.17, 15) is 10.0 Å². The van der Waals surface area contributed by atoms with Crippen molar-refractivity contribution in [3.8, 4) is 11.5 Å². The molecule has 0 bridgehead atoms. The van der Waals surface area contributed by atoms with Crippen LogP contribution in [-0.4, -0.2) is 24.3 Å². The normalized spacial score (nSPS) is 10.3. The van der Waals surface area contributed by atoms with Gasteiger partial charge in [-0.15, -0.1) is 0 Å². The monoisotopic (exact) mass is 350 g/mol. The second-order valence-electron chi connectivity index (χ2n) is 4.68. The minimum absolute atomic E-state index is 0.304. The van der Waals surface area contributed by atoms with E-state index in [2.05, 4.69) is 15.9 Å². The van der Waals surface area contributed by atoms with Crippen molar-refractivity contribution in [1.29, 1.82) is 0 Å². The van der Waals surface area contributed by atoms with Crippen LogP contribution in [0.2, 0.25) is 0 Å². The number of benzene rings is 2. The molecule has 0 aromatic heterocycles. The maximum absolute atomic E-state index is 9.47. The second kappa shape index (κ2) is 6.98. The molecule has 0 amide bonds. The molecule has 2 aromatic rings. The van der Waals surface area contributed by atoms with Gasteiger partial charge in [-0.3, -0.25) is 0 Å². The Bertz CT molecular complexity index is 631. The lowest BCUT2D eigenvalue weighted by molar-refractivity contribution is 0.303. The van der Waals surface area contributed by atoms with E-state index in [0.717, 1.165) is 16.9 Å². The Morgan fingerprint density at radius 2 is 1.95 bits per heavy atom. The zero-order valence-corrected chi connectivity index (χ0v) is 13.4. The van der Waals surface area contributed by atoms with Gasteiger partial charge in [0.15, 0.2) is 0 Å². The first-order valence-electron chi connectivity index (χ1n) is 6.43. The van der Waals surface area contributed by atoms with Gasteiger partial charge in [0.1, 0.15) is 18.1 Å². The Morgan fingerprint density at radius 1 is 1.19 bits per heavy atom. The average Bonchev–Trinajstić information content (AvgIpc) is 2.45. The average molecular weight is 351 g/mol. The molecule has 2 rings (SSSR count). The van der Waals surface area contributed by atoms with Gasteiger partial charge in [0.05, 0.1) is 11.6 Å². The van der Waals surface area contributed by atoms with Crippen LogP contribution in [0.3, 0.4) is 0 Å². The van der Waals surface area contributed by atoms with Crippen LogP contribution in [0.4, 0.5) is 0 Å². The summed E-state index contributed by atoms with van der Waals surface area (Å²) < 4.78 is 11.6. The van der Waals surface area contributed by atoms with Crippen molar-refractivity contribution in [3.05, 3.63) is 52.0 Å². The second-order valence-corrected chi connectivity index (χ2v) is 5.53. The van der Waals surface area contributed by atoms with Crippen molar-refractivity contribution in [1.82, 2.24) is 0 Å². The molecule has 0 spiro atoms. The molecular weight excluding hydrogens is 335 g/mol. The number of halogens is 1. The van der Waals surface area contributed by atoms with E-state index in [1.807, 2.05) is 37.3 Å². The van der Waals surface area contributed by atoms with Crippen molar-refractivity contribution < 1.29 is 19.5 Å². The van der Waals surface area contributed by atoms with E-state index in [1.54, 1.807) is 13.2 Å². The summed E-state index contributed by atoms with van der Waals surface area (Å²) in [5.41, 5.74) is 2.18. The first-order chi connectivity index (χ1) is 10.0. The van der Waals surface area contributed by atoms with Crippen molar-refractivity contribution in [2.24, 2.45) is 0 Å². The minimum Gasteiger partial charge on any atom is -0.497 e. The third kappa shape index (κ3) is 4.00. The predicted octanol–water partition coefficient (Wildman–Crippen LogP) is 2.02.